The summed E-state index contributed by atoms with van der Waals surface area (Å²) in [6.07, 6.45) is 1.94. The molecule has 0 aromatic heterocycles. The van der Waals surface area contributed by atoms with Gasteiger partial charge in [0, 0.05) is 11.0 Å². The minimum Gasteiger partial charge on any atom is -0.493 e. The molecule has 0 aliphatic carbocycles. The standard InChI is InChI=1S/C18H20N2O2/c1-4-22-15-10-6-8-12-7-5-9-13(16(12)15)11-14-17(21)19-20-18(14,2)3/h5-11,20H,4H2,1-3H3,(H,19,21)/b14-11+. The average Bonchev–Trinajstić information content (AvgIpc) is 2.75. The third-order valence-corrected chi connectivity index (χ3v) is 3.90. The lowest BCUT2D eigenvalue weighted by Gasteiger charge is -2.17. The van der Waals surface area contributed by atoms with Crippen LogP contribution in [0.5, 0.6) is 5.75 Å². The Morgan fingerprint density at radius 2 is 1.91 bits per heavy atom. The number of benzene rings is 2. The van der Waals surface area contributed by atoms with Crippen molar-refractivity contribution in [3.8, 4) is 5.75 Å². The molecule has 1 fully saturated rings. The minimum atomic E-state index is -0.403. The summed E-state index contributed by atoms with van der Waals surface area (Å²) in [6, 6.07) is 12.1. The van der Waals surface area contributed by atoms with Crippen LogP contribution in [0.1, 0.15) is 26.3 Å². The summed E-state index contributed by atoms with van der Waals surface area (Å²) in [7, 11) is 0. The zero-order valence-corrected chi connectivity index (χ0v) is 13.1. The number of hydrogen-bond donors (Lipinski definition) is 2. The number of fused-ring (bicyclic) bond motifs is 1. The van der Waals surface area contributed by atoms with Gasteiger partial charge < -0.3 is 4.74 Å². The van der Waals surface area contributed by atoms with Gasteiger partial charge >= 0.3 is 0 Å². The average molecular weight is 296 g/mol. The fourth-order valence-corrected chi connectivity index (χ4v) is 2.76. The van der Waals surface area contributed by atoms with Crippen LogP contribution in [0.4, 0.5) is 0 Å². The highest BCUT2D eigenvalue weighted by Crippen LogP contribution is 2.32. The normalized spacial score (nSPS) is 18.7. The van der Waals surface area contributed by atoms with Gasteiger partial charge in [0.05, 0.1) is 12.1 Å². The van der Waals surface area contributed by atoms with Crippen LogP contribution < -0.4 is 15.6 Å². The van der Waals surface area contributed by atoms with Gasteiger partial charge in [0.1, 0.15) is 5.75 Å². The Morgan fingerprint density at radius 1 is 1.18 bits per heavy atom. The van der Waals surface area contributed by atoms with E-state index in [9.17, 15) is 4.79 Å². The van der Waals surface area contributed by atoms with E-state index in [0.29, 0.717) is 12.2 Å². The molecule has 2 N–H and O–H groups in total. The number of hydrazine groups is 1. The summed E-state index contributed by atoms with van der Waals surface area (Å²) >= 11 is 0. The minimum absolute atomic E-state index is 0.0871. The van der Waals surface area contributed by atoms with Crippen molar-refractivity contribution >= 4 is 22.8 Å². The summed E-state index contributed by atoms with van der Waals surface area (Å²) in [5, 5.41) is 2.14. The van der Waals surface area contributed by atoms with E-state index in [1.54, 1.807) is 0 Å². The van der Waals surface area contributed by atoms with Gasteiger partial charge in [-0.3, -0.25) is 10.2 Å². The molecule has 1 amide bonds. The van der Waals surface area contributed by atoms with E-state index in [2.05, 4.69) is 23.0 Å². The molecule has 114 valence electrons. The van der Waals surface area contributed by atoms with Crippen LogP contribution >= 0.6 is 0 Å². The Bertz CT molecular complexity index is 758. The van der Waals surface area contributed by atoms with E-state index in [1.807, 2.05) is 51.1 Å². The summed E-state index contributed by atoms with van der Waals surface area (Å²) in [5.41, 5.74) is 6.98. The van der Waals surface area contributed by atoms with Crippen molar-refractivity contribution in [1.29, 1.82) is 0 Å². The molecule has 1 heterocycles. The molecule has 0 saturated carbocycles. The lowest BCUT2D eigenvalue weighted by molar-refractivity contribution is -0.116. The van der Waals surface area contributed by atoms with E-state index in [0.717, 1.165) is 22.1 Å². The fraction of sp³-hybridized carbons (Fsp3) is 0.278. The Kier molecular flexibility index (Phi) is 3.62. The zero-order chi connectivity index (χ0) is 15.7. The predicted molar refractivity (Wildman–Crippen MR) is 88.5 cm³/mol. The Balaban J connectivity index is 2.21. The van der Waals surface area contributed by atoms with Crippen LogP contribution in [0.15, 0.2) is 42.0 Å². The summed E-state index contributed by atoms with van der Waals surface area (Å²) in [5.74, 6) is 0.757. The quantitative estimate of drug-likeness (QED) is 0.856. The number of carbonyl (C=O) groups is 1. The molecule has 22 heavy (non-hydrogen) atoms. The second-order valence-corrected chi connectivity index (χ2v) is 5.90. The molecule has 4 heteroatoms. The number of nitrogens with one attached hydrogen (secondary N) is 2. The smallest absolute Gasteiger partial charge is 0.263 e. The molecule has 0 unspecified atom stereocenters. The lowest BCUT2D eigenvalue weighted by Crippen LogP contribution is -2.38. The first-order valence-electron chi connectivity index (χ1n) is 7.47. The van der Waals surface area contributed by atoms with Crippen LogP contribution in [-0.4, -0.2) is 18.1 Å². The van der Waals surface area contributed by atoms with Crippen molar-refractivity contribution in [2.75, 3.05) is 6.61 Å². The third kappa shape index (κ3) is 2.46. The molecular weight excluding hydrogens is 276 g/mol. The van der Waals surface area contributed by atoms with Gasteiger partial charge in [-0.25, -0.2) is 5.43 Å². The number of ether oxygens (including phenoxy) is 1. The molecule has 0 bridgehead atoms. The van der Waals surface area contributed by atoms with Gasteiger partial charge in [-0.2, -0.15) is 0 Å². The number of hydrogen-bond acceptors (Lipinski definition) is 3. The van der Waals surface area contributed by atoms with Crippen LogP contribution in [-0.2, 0) is 4.79 Å². The molecule has 1 aliphatic heterocycles. The van der Waals surface area contributed by atoms with Crippen LogP contribution in [0.25, 0.3) is 16.8 Å². The maximum atomic E-state index is 12.1. The van der Waals surface area contributed by atoms with E-state index >= 15 is 0 Å². The first kappa shape index (κ1) is 14.6. The molecule has 1 saturated heterocycles. The Morgan fingerprint density at radius 3 is 2.55 bits per heavy atom. The van der Waals surface area contributed by atoms with E-state index in [-0.39, 0.29) is 5.91 Å². The Labute approximate surface area is 130 Å². The number of rotatable bonds is 3. The molecule has 4 nitrogen and oxygen atoms in total. The first-order valence-corrected chi connectivity index (χ1v) is 7.47. The second kappa shape index (κ2) is 5.46. The highest BCUT2D eigenvalue weighted by Gasteiger charge is 2.35. The number of amides is 1. The molecule has 0 spiro atoms. The summed E-state index contributed by atoms with van der Waals surface area (Å²) < 4.78 is 5.76. The maximum Gasteiger partial charge on any atom is 0.263 e. The van der Waals surface area contributed by atoms with Crippen molar-refractivity contribution in [2.45, 2.75) is 26.3 Å². The maximum absolute atomic E-state index is 12.1. The van der Waals surface area contributed by atoms with E-state index in [4.69, 9.17) is 4.74 Å². The summed E-state index contributed by atoms with van der Waals surface area (Å²) in [4.78, 5) is 12.1. The third-order valence-electron chi connectivity index (χ3n) is 3.90. The fourth-order valence-electron chi connectivity index (χ4n) is 2.76. The van der Waals surface area contributed by atoms with Crippen LogP contribution in [0.2, 0.25) is 0 Å². The zero-order valence-electron chi connectivity index (χ0n) is 13.1. The highest BCUT2D eigenvalue weighted by molar-refractivity contribution is 6.05. The van der Waals surface area contributed by atoms with E-state index in [1.165, 1.54) is 0 Å². The predicted octanol–water partition coefficient (Wildman–Crippen LogP) is 3.03. The molecule has 3 rings (SSSR count). The van der Waals surface area contributed by atoms with Gasteiger partial charge in [0.2, 0.25) is 0 Å². The lowest BCUT2D eigenvalue weighted by atomic mass is 9.92. The molecule has 2 aromatic carbocycles. The first-order chi connectivity index (χ1) is 10.5. The van der Waals surface area contributed by atoms with Gasteiger partial charge in [-0.1, -0.05) is 30.3 Å². The van der Waals surface area contributed by atoms with Crippen molar-refractivity contribution in [2.24, 2.45) is 0 Å². The monoisotopic (exact) mass is 296 g/mol. The number of carbonyl (C=O) groups excluding carboxylic acids is 1. The van der Waals surface area contributed by atoms with Gasteiger partial charge in [0.25, 0.3) is 5.91 Å². The van der Waals surface area contributed by atoms with Gasteiger partial charge in [0.15, 0.2) is 0 Å². The Hall–Kier alpha value is -2.33. The van der Waals surface area contributed by atoms with Crippen LogP contribution in [0.3, 0.4) is 0 Å². The second-order valence-electron chi connectivity index (χ2n) is 5.90. The van der Waals surface area contributed by atoms with Gasteiger partial charge in [-0.05, 0) is 43.9 Å². The molecule has 0 radical (unpaired) electrons. The molecule has 1 aliphatic rings. The SMILES string of the molecule is CCOc1cccc2cccc(/C=C3\C(=O)NNC3(C)C)c12. The summed E-state index contributed by atoms with van der Waals surface area (Å²) in [6.45, 7) is 6.53. The molecular formula is C18H20N2O2. The van der Waals surface area contributed by atoms with Crippen molar-refractivity contribution < 1.29 is 9.53 Å². The van der Waals surface area contributed by atoms with Crippen molar-refractivity contribution in [1.82, 2.24) is 10.9 Å². The largest absolute Gasteiger partial charge is 0.493 e. The molecule has 2 aromatic rings. The topological polar surface area (TPSA) is 50.4 Å². The van der Waals surface area contributed by atoms with Crippen LogP contribution in [0, 0.1) is 0 Å². The van der Waals surface area contributed by atoms with Crippen molar-refractivity contribution in [3.05, 3.63) is 47.5 Å². The van der Waals surface area contributed by atoms with Crippen molar-refractivity contribution in [3.63, 3.8) is 0 Å². The van der Waals surface area contributed by atoms with Gasteiger partial charge in [-0.15, -0.1) is 0 Å². The highest BCUT2D eigenvalue weighted by atomic mass is 16.5. The molecule has 0 atom stereocenters. The van der Waals surface area contributed by atoms with E-state index < -0.39 is 5.54 Å².